The van der Waals surface area contributed by atoms with E-state index in [2.05, 4.69) is 0 Å². The average Bonchev–Trinajstić information content (AvgIpc) is 2.80. The topological polar surface area (TPSA) is 34.1 Å². The first kappa shape index (κ1) is 16.9. The third kappa shape index (κ3) is 2.17. The molecule has 2 aliphatic carbocycles. The van der Waals surface area contributed by atoms with Crippen molar-refractivity contribution in [3.8, 4) is 0 Å². The van der Waals surface area contributed by atoms with Crippen molar-refractivity contribution in [1.82, 2.24) is 0 Å². The minimum absolute atomic E-state index is 0.0722. The zero-order valence-electron chi connectivity index (χ0n) is 13.8. The van der Waals surface area contributed by atoms with Gasteiger partial charge in [-0.15, -0.1) is 0 Å². The molecular weight excluding hydrogens is 317 g/mol. The van der Waals surface area contributed by atoms with E-state index in [4.69, 9.17) is 0 Å². The molecule has 2 atom stereocenters. The first-order chi connectivity index (χ1) is 11.0. The van der Waals surface area contributed by atoms with Crippen molar-refractivity contribution < 1.29 is 22.8 Å². The number of carbonyl (C=O) groups excluding carboxylic acids is 2. The first-order valence-corrected chi connectivity index (χ1v) is 7.97. The van der Waals surface area contributed by atoms with Crippen molar-refractivity contribution in [2.45, 2.75) is 39.8 Å². The van der Waals surface area contributed by atoms with Gasteiger partial charge in [0.25, 0.3) is 0 Å². The van der Waals surface area contributed by atoms with Gasteiger partial charge in [-0.25, -0.2) is 0 Å². The zero-order chi connectivity index (χ0) is 17.9. The van der Waals surface area contributed by atoms with Crippen LogP contribution in [-0.4, -0.2) is 11.6 Å². The van der Waals surface area contributed by atoms with E-state index in [0.29, 0.717) is 5.57 Å². The minimum atomic E-state index is -4.60. The molecule has 2 nitrogen and oxygen atoms in total. The number of allylic oxidation sites excluding steroid dienone is 2. The maximum absolute atomic E-state index is 13.1. The molecule has 5 heteroatoms. The van der Waals surface area contributed by atoms with Crippen LogP contribution in [0.1, 0.15) is 49.5 Å². The molecule has 0 saturated heterocycles. The Hall–Kier alpha value is -1.91. The van der Waals surface area contributed by atoms with Gasteiger partial charge in [0, 0.05) is 16.6 Å². The first-order valence-electron chi connectivity index (χ1n) is 7.97. The van der Waals surface area contributed by atoms with Crippen LogP contribution in [0.25, 0.3) is 0 Å². The number of ketones is 2. The maximum atomic E-state index is 13.1. The Labute approximate surface area is 138 Å². The fourth-order valence-corrected chi connectivity index (χ4v) is 4.26. The van der Waals surface area contributed by atoms with E-state index >= 15 is 0 Å². The van der Waals surface area contributed by atoms with Crippen LogP contribution in [0.3, 0.4) is 0 Å². The predicted molar refractivity (Wildman–Crippen MR) is 83.5 cm³/mol. The lowest BCUT2D eigenvalue weighted by atomic mass is 9.70. The highest BCUT2D eigenvalue weighted by molar-refractivity contribution is 6.13. The molecule has 2 saturated carbocycles. The largest absolute Gasteiger partial charge is 0.417 e. The molecule has 2 aliphatic rings. The fraction of sp³-hybridized carbons (Fsp3) is 0.474. The molecule has 0 heterocycles. The minimum Gasteiger partial charge on any atom is -0.294 e. The van der Waals surface area contributed by atoms with Gasteiger partial charge in [-0.3, -0.25) is 9.59 Å². The summed E-state index contributed by atoms with van der Waals surface area (Å²) in [5.41, 5.74) is -1.80. The molecule has 1 aromatic rings. The van der Waals surface area contributed by atoms with Crippen LogP contribution in [0, 0.1) is 16.7 Å². The van der Waals surface area contributed by atoms with Gasteiger partial charge in [0.2, 0.25) is 0 Å². The van der Waals surface area contributed by atoms with E-state index < -0.39 is 28.5 Å². The molecule has 1 unspecified atom stereocenters. The average molecular weight is 336 g/mol. The summed E-state index contributed by atoms with van der Waals surface area (Å²) < 4.78 is 39.3. The third-order valence-corrected chi connectivity index (χ3v) is 6.15. The van der Waals surface area contributed by atoms with E-state index in [1.165, 1.54) is 12.1 Å². The maximum Gasteiger partial charge on any atom is 0.417 e. The van der Waals surface area contributed by atoms with Crippen LogP contribution in [0.4, 0.5) is 13.2 Å². The van der Waals surface area contributed by atoms with Gasteiger partial charge in [-0.2, -0.15) is 13.2 Å². The number of Topliss-reactive ketones (excluding diaryl/α,β-unsaturated/α-hetero) is 1. The molecule has 0 spiro atoms. The van der Waals surface area contributed by atoms with Crippen LogP contribution in [-0.2, 0) is 11.0 Å². The van der Waals surface area contributed by atoms with Crippen LogP contribution >= 0.6 is 0 Å². The number of hydrogen-bond acceptors (Lipinski definition) is 2. The standard InChI is InChI=1S/C19H19F3O2/c1-17(2)13-8-9-18(17,3)16(24)12(13)10-15(23)11-6-4-5-7-14(11)19(20,21)22/h4-7,10,13H,8-9H2,1-3H3/b12-10+/t13-,18?/m1/s1. The smallest absolute Gasteiger partial charge is 0.294 e. The number of alkyl halides is 3. The summed E-state index contributed by atoms with van der Waals surface area (Å²) in [6.45, 7) is 5.89. The van der Waals surface area contributed by atoms with Crippen molar-refractivity contribution in [1.29, 1.82) is 0 Å². The van der Waals surface area contributed by atoms with E-state index in [9.17, 15) is 22.8 Å². The second-order valence-corrected chi connectivity index (χ2v) is 7.48. The molecule has 128 valence electrons. The fourth-order valence-electron chi connectivity index (χ4n) is 4.26. The van der Waals surface area contributed by atoms with Crippen LogP contribution in [0.15, 0.2) is 35.9 Å². The summed E-state index contributed by atoms with van der Waals surface area (Å²) in [6, 6.07) is 4.70. The van der Waals surface area contributed by atoms with Crippen LogP contribution in [0.2, 0.25) is 0 Å². The molecule has 0 aromatic heterocycles. The van der Waals surface area contributed by atoms with Crippen LogP contribution < -0.4 is 0 Å². The Balaban J connectivity index is 2.03. The summed E-state index contributed by atoms with van der Waals surface area (Å²) in [5.74, 6) is -0.920. The quantitative estimate of drug-likeness (QED) is 0.572. The Kier molecular flexibility index (Phi) is 3.56. The van der Waals surface area contributed by atoms with Gasteiger partial charge < -0.3 is 0 Å². The molecule has 3 rings (SSSR count). The lowest BCUT2D eigenvalue weighted by Gasteiger charge is -2.31. The Morgan fingerprint density at radius 1 is 1.21 bits per heavy atom. The molecule has 0 aliphatic heterocycles. The summed E-state index contributed by atoms with van der Waals surface area (Å²) >= 11 is 0. The monoisotopic (exact) mass is 336 g/mol. The van der Waals surface area contributed by atoms with Gasteiger partial charge in [0.15, 0.2) is 11.6 Å². The third-order valence-electron chi connectivity index (χ3n) is 6.15. The summed E-state index contributed by atoms with van der Waals surface area (Å²) in [5, 5.41) is 0. The molecule has 0 amide bonds. The van der Waals surface area contributed by atoms with E-state index in [1.807, 2.05) is 20.8 Å². The summed E-state index contributed by atoms with van der Waals surface area (Å²) in [6.07, 6.45) is -1.91. The van der Waals surface area contributed by atoms with Crippen molar-refractivity contribution in [2.24, 2.45) is 16.7 Å². The van der Waals surface area contributed by atoms with Gasteiger partial charge in [0.1, 0.15) is 0 Å². The SMILES string of the molecule is CC12CC[C@H](/C(=C\C(=O)c3ccccc3C(F)(F)F)C1=O)C2(C)C. The summed E-state index contributed by atoms with van der Waals surface area (Å²) in [7, 11) is 0. The van der Waals surface area contributed by atoms with Gasteiger partial charge in [-0.1, -0.05) is 39.0 Å². The molecular formula is C19H19F3O2. The highest BCUT2D eigenvalue weighted by Crippen LogP contribution is 2.65. The van der Waals surface area contributed by atoms with Crippen molar-refractivity contribution in [2.75, 3.05) is 0 Å². The Morgan fingerprint density at radius 3 is 2.38 bits per heavy atom. The lowest BCUT2D eigenvalue weighted by molar-refractivity contribution is -0.137. The zero-order valence-corrected chi connectivity index (χ0v) is 13.8. The number of fused-ring (bicyclic) bond motifs is 2. The molecule has 2 bridgehead atoms. The van der Waals surface area contributed by atoms with Crippen molar-refractivity contribution >= 4 is 11.6 Å². The van der Waals surface area contributed by atoms with Gasteiger partial charge >= 0.3 is 6.18 Å². The van der Waals surface area contributed by atoms with Gasteiger partial charge in [-0.05, 0) is 36.3 Å². The number of benzene rings is 1. The predicted octanol–water partition coefficient (Wildman–Crippen LogP) is 4.84. The number of rotatable bonds is 2. The molecule has 1 aromatic carbocycles. The lowest BCUT2D eigenvalue weighted by Crippen LogP contribution is -2.32. The molecule has 0 radical (unpaired) electrons. The number of halogens is 3. The molecule has 24 heavy (non-hydrogen) atoms. The van der Waals surface area contributed by atoms with Crippen LogP contribution in [0.5, 0.6) is 0 Å². The molecule has 0 N–H and O–H groups in total. The normalized spacial score (nSPS) is 30.2. The summed E-state index contributed by atoms with van der Waals surface area (Å²) in [4.78, 5) is 25.2. The highest BCUT2D eigenvalue weighted by atomic mass is 19.4. The van der Waals surface area contributed by atoms with Crippen molar-refractivity contribution in [3.05, 3.63) is 47.0 Å². The van der Waals surface area contributed by atoms with Gasteiger partial charge in [0.05, 0.1) is 5.56 Å². The molecule has 2 fully saturated rings. The Morgan fingerprint density at radius 2 is 1.83 bits per heavy atom. The number of hydrogen-bond donors (Lipinski definition) is 0. The van der Waals surface area contributed by atoms with E-state index in [-0.39, 0.29) is 17.1 Å². The number of carbonyl (C=O) groups is 2. The van der Waals surface area contributed by atoms with E-state index in [0.717, 1.165) is 31.1 Å². The highest BCUT2D eigenvalue weighted by Gasteiger charge is 2.64. The van der Waals surface area contributed by atoms with Crippen molar-refractivity contribution in [3.63, 3.8) is 0 Å². The Bertz CT molecular complexity index is 758. The second kappa shape index (κ2) is 5.04. The second-order valence-electron chi connectivity index (χ2n) is 7.48. The van der Waals surface area contributed by atoms with E-state index in [1.54, 1.807) is 0 Å².